The summed E-state index contributed by atoms with van der Waals surface area (Å²) in [5, 5.41) is 1.13. The van der Waals surface area contributed by atoms with Gasteiger partial charge in [-0.3, -0.25) is 0 Å². The molecule has 2 aromatic carbocycles. The minimum absolute atomic E-state index is 0.699. The summed E-state index contributed by atoms with van der Waals surface area (Å²) in [7, 11) is 1.69. The lowest BCUT2D eigenvalue weighted by molar-refractivity contribution is 0.419. The average molecular weight is 374 g/mol. The van der Waals surface area contributed by atoms with Gasteiger partial charge >= 0.3 is 0 Å². The molecular formula is C22H22N4O2. The van der Waals surface area contributed by atoms with Gasteiger partial charge in [-0.1, -0.05) is 24.3 Å². The molecule has 0 radical (unpaired) electrons. The van der Waals surface area contributed by atoms with Gasteiger partial charge in [0.15, 0.2) is 5.58 Å². The van der Waals surface area contributed by atoms with Crippen LogP contribution < -0.4 is 14.5 Å². The van der Waals surface area contributed by atoms with Crippen molar-refractivity contribution in [2.24, 2.45) is 0 Å². The number of nitrogens with zero attached hydrogens (tertiary/aromatic N) is 4. The zero-order valence-corrected chi connectivity index (χ0v) is 16.1. The smallest absolute Gasteiger partial charge is 0.298 e. The van der Waals surface area contributed by atoms with Gasteiger partial charge in [0.25, 0.3) is 6.01 Å². The number of pyridine rings is 1. The first kappa shape index (κ1) is 16.9. The highest BCUT2D eigenvalue weighted by Gasteiger charge is 2.22. The molecular weight excluding hydrogens is 352 g/mol. The molecule has 0 amide bonds. The molecule has 0 saturated carbocycles. The molecule has 6 nitrogen and oxygen atoms in total. The molecule has 0 spiro atoms. The molecule has 3 heterocycles. The van der Waals surface area contributed by atoms with Crippen LogP contribution in [0.2, 0.25) is 0 Å². The van der Waals surface area contributed by atoms with Gasteiger partial charge in [0.05, 0.1) is 7.11 Å². The van der Waals surface area contributed by atoms with Crippen LogP contribution >= 0.6 is 0 Å². The third-order valence-electron chi connectivity index (χ3n) is 5.37. The first-order valence-corrected chi connectivity index (χ1v) is 9.53. The van der Waals surface area contributed by atoms with Gasteiger partial charge in [0, 0.05) is 31.6 Å². The number of anilines is 2. The lowest BCUT2D eigenvalue weighted by Gasteiger charge is -2.34. The summed E-state index contributed by atoms with van der Waals surface area (Å²) < 4.78 is 11.4. The molecule has 142 valence electrons. The Balaban J connectivity index is 1.39. The number of hydrogen-bond donors (Lipinski definition) is 0. The summed E-state index contributed by atoms with van der Waals surface area (Å²) >= 11 is 0. The molecule has 1 saturated heterocycles. The van der Waals surface area contributed by atoms with Crippen LogP contribution in [0.1, 0.15) is 5.56 Å². The van der Waals surface area contributed by atoms with Gasteiger partial charge in [-0.2, -0.15) is 4.98 Å². The molecule has 6 heteroatoms. The number of para-hydroxylation sites is 3. The number of piperazine rings is 1. The van der Waals surface area contributed by atoms with Crippen molar-refractivity contribution in [1.82, 2.24) is 9.97 Å². The highest BCUT2D eigenvalue weighted by molar-refractivity contribution is 5.89. The SMILES string of the molecule is COc1cccc2c(C)cc(N3CCN(c4nc5ccccc5o4)CC3)nc12. The standard InChI is InChI=1S/C22H22N4O2/c1-15-14-20(24-21-16(15)6-5-9-19(21)27-2)25-10-12-26(13-11-25)22-23-17-7-3-4-8-18(17)28-22/h3-9,14H,10-13H2,1-2H3. The second-order valence-electron chi connectivity index (χ2n) is 7.09. The molecule has 28 heavy (non-hydrogen) atoms. The van der Waals surface area contributed by atoms with E-state index in [1.807, 2.05) is 36.4 Å². The number of rotatable bonds is 3. The van der Waals surface area contributed by atoms with E-state index in [1.165, 1.54) is 5.56 Å². The van der Waals surface area contributed by atoms with Crippen LogP contribution in [0.4, 0.5) is 11.8 Å². The lowest BCUT2D eigenvalue weighted by atomic mass is 10.1. The minimum Gasteiger partial charge on any atom is -0.494 e. The second-order valence-corrected chi connectivity index (χ2v) is 7.09. The Bertz CT molecular complexity index is 1110. The van der Waals surface area contributed by atoms with Crippen molar-refractivity contribution >= 4 is 33.8 Å². The fourth-order valence-electron chi connectivity index (χ4n) is 3.82. The van der Waals surface area contributed by atoms with Gasteiger partial charge in [0.1, 0.15) is 22.6 Å². The number of hydrogen-bond acceptors (Lipinski definition) is 6. The molecule has 5 rings (SSSR count). The highest BCUT2D eigenvalue weighted by atomic mass is 16.5. The largest absolute Gasteiger partial charge is 0.494 e. The van der Waals surface area contributed by atoms with Crippen LogP contribution in [0.5, 0.6) is 5.75 Å². The Morgan fingerprint density at radius 1 is 0.929 bits per heavy atom. The third-order valence-corrected chi connectivity index (χ3v) is 5.37. The van der Waals surface area contributed by atoms with E-state index >= 15 is 0 Å². The summed E-state index contributed by atoms with van der Waals surface area (Å²) in [6.45, 7) is 5.55. The van der Waals surface area contributed by atoms with E-state index < -0.39 is 0 Å². The average Bonchev–Trinajstić information content (AvgIpc) is 3.18. The maximum Gasteiger partial charge on any atom is 0.298 e. The number of fused-ring (bicyclic) bond motifs is 2. The molecule has 0 aliphatic carbocycles. The van der Waals surface area contributed by atoms with E-state index in [0.29, 0.717) is 6.01 Å². The maximum atomic E-state index is 5.92. The molecule has 2 aromatic heterocycles. The van der Waals surface area contributed by atoms with Gasteiger partial charge < -0.3 is 19.0 Å². The fraction of sp³-hybridized carbons (Fsp3) is 0.273. The predicted octanol–water partition coefficient (Wildman–Crippen LogP) is 4.02. The Morgan fingerprint density at radius 3 is 2.50 bits per heavy atom. The maximum absolute atomic E-state index is 5.92. The van der Waals surface area contributed by atoms with E-state index in [-0.39, 0.29) is 0 Å². The number of oxazole rings is 1. The zero-order chi connectivity index (χ0) is 19.1. The molecule has 0 N–H and O–H groups in total. The summed E-state index contributed by atoms with van der Waals surface area (Å²) in [4.78, 5) is 14.0. The number of methoxy groups -OCH3 is 1. The Hall–Kier alpha value is -3.28. The van der Waals surface area contributed by atoms with Crippen LogP contribution in [0, 0.1) is 6.92 Å². The number of aromatic nitrogens is 2. The van der Waals surface area contributed by atoms with Crippen LogP contribution in [-0.4, -0.2) is 43.3 Å². The molecule has 1 fully saturated rings. The van der Waals surface area contributed by atoms with E-state index in [1.54, 1.807) is 7.11 Å². The summed E-state index contributed by atoms with van der Waals surface area (Å²) in [6, 6.07) is 16.8. The van der Waals surface area contributed by atoms with E-state index in [9.17, 15) is 0 Å². The molecule has 4 aromatic rings. The first-order chi connectivity index (χ1) is 13.7. The molecule has 0 bridgehead atoms. The van der Waals surface area contributed by atoms with Gasteiger partial charge in [0.2, 0.25) is 0 Å². The first-order valence-electron chi connectivity index (χ1n) is 9.53. The van der Waals surface area contributed by atoms with Crippen LogP contribution in [-0.2, 0) is 0 Å². The summed E-state index contributed by atoms with van der Waals surface area (Å²) in [5.41, 5.74) is 3.86. The number of ether oxygens (including phenoxy) is 1. The summed E-state index contributed by atoms with van der Waals surface area (Å²) in [6.07, 6.45) is 0. The van der Waals surface area contributed by atoms with Crippen molar-refractivity contribution in [2.45, 2.75) is 6.92 Å². The highest BCUT2D eigenvalue weighted by Crippen LogP contribution is 2.30. The summed E-state index contributed by atoms with van der Waals surface area (Å²) in [5.74, 6) is 1.80. The van der Waals surface area contributed by atoms with Crippen molar-refractivity contribution in [3.63, 3.8) is 0 Å². The zero-order valence-electron chi connectivity index (χ0n) is 16.1. The van der Waals surface area contributed by atoms with E-state index in [0.717, 1.165) is 59.7 Å². The lowest BCUT2D eigenvalue weighted by Crippen LogP contribution is -2.47. The topological polar surface area (TPSA) is 54.6 Å². The quantitative estimate of drug-likeness (QED) is 0.540. The number of aryl methyl sites for hydroxylation is 1. The van der Waals surface area contributed by atoms with Gasteiger partial charge in [-0.15, -0.1) is 0 Å². The monoisotopic (exact) mass is 374 g/mol. The van der Waals surface area contributed by atoms with Crippen molar-refractivity contribution in [2.75, 3.05) is 43.1 Å². The van der Waals surface area contributed by atoms with Crippen molar-refractivity contribution in [1.29, 1.82) is 0 Å². The van der Waals surface area contributed by atoms with Gasteiger partial charge in [-0.25, -0.2) is 4.98 Å². The third kappa shape index (κ3) is 2.81. The van der Waals surface area contributed by atoms with Crippen LogP contribution in [0.15, 0.2) is 52.9 Å². The molecule has 0 unspecified atom stereocenters. The minimum atomic E-state index is 0.699. The van der Waals surface area contributed by atoms with Crippen molar-refractivity contribution in [3.05, 3.63) is 54.1 Å². The fourth-order valence-corrected chi connectivity index (χ4v) is 3.82. The van der Waals surface area contributed by atoms with E-state index in [2.05, 4.69) is 33.8 Å². The molecule has 1 aliphatic rings. The second kappa shape index (κ2) is 6.71. The van der Waals surface area contributed by atoms with Crippen molar-refractivity contribution in [3.8, 4) is 5.75 Å². The Labute approximate surface area is 163 Å². The van der Waals surface area contributed by atoms with Crippen molar-refractivity contribution < 1.29 is 9.15 Å². The molecule has 1 aliphatic heterocycles. The molecule has 0 atom stereocenters. The predicted molar refractivity (Wildman–Crippen MR) is 111 cm³/mol. The van der Waals surface area contributed by atoms with E-state index in [4.69, 9.17) is 14.1 Å². The Kier molecular flexibility index (Phi) is 4.04. The van der Waals surface area contributed by atoms with Gasteiger partial charge in [-0.05, 0) is 36.8 Å². The van der Waals surface area contributed by atoms with Crippen LogP contribution in [0.3, 0.4) is 0 Å². The van der Waals surface area contributed by atoms with Crippen LogP contribution in [0.25, 0.3) is 22.0 Å². The number of benzene rings is 2. The normalized spacial score (nSPS) is 14.8. The Morgan fingerprint density at radius 2 is 1.71 bits per heavy atom.